The van der Waals surface area contributed by atoms with Crippen molar-refractivity contribution in [2.45, 2.75) is 18.4 Å². The van der Waals surface area contributed by atoms with Crippen molar-refractivity contribution in [1.82, 2.24) is 10.6 Å². The molecule has 3 N–H and O–H groups in total. The van der Waals surface area contributed by atoms with Gasteiger partial charge in [-0.1, -0.05) is 11.6 Å². The predicted octanol–water partition coefficient (Wildman–Crippen LogP) is 3.89. The molecule has 144 valence electrons. The summed E-state index contributed by atoms with van der Waals surface area (Å²) < 4.78 is 33.9. The van der Waals surface area contributed by atoms with Gasteiger partial charge in [0.25, 0.3) is 0 Å². The zero-order chi connectivity index (χ0) is 19.4. The van der Waals surface area contributed by atoms with Crippen LogP contribution in [0.3, 0.4) is 0 Å². The van der Waals surface area contributed by atoms with Gasteiger partial charge < -0.3 is 20.7 Å². The highest BCUT2D eigenvalue weighted by Crippen LogP contribution is 2.31. The third kappa shape index (κ3) is 4.67. The van der Waals surface area contributed by atoms with Crippen LogP contribution < -0.4 is 20.7 Å². The second-order valence-electron chi connectivity index (χ2n) is 6.32. The summed E-state index contributed by atoms with van der Waals surface area (Å²) in [5.41, 5.74) is 0.518. The normalized spacial score (nSPS) is 19.4. The lowest BCUT2D eigenvalue weighted by molar-refractivity contribution is 0.240. The van der Waals surface area contributed by atoms with E-state index < -0.39 is 29.6 Å². The second kappa shape index (κ2) is 8.54. The van der Waals surface area contributed by atoms with E-state index in [9.17, 15) is 13.6 Å². The maximum absolute atomic E-state index is 14.5. The largest absolute Gasteiger partial charge is 0.497 e. The third-order valence-corrected chi connectivity index (χ3v) is 4.81. The van der Waals surface area contributed by atoms with Crippen LogP contribution in [0.5, 0.6) is 5.75 Å². The number of piperidine rings is 1. The maximum Gasteiger partial charge on any atom is 0.319 e. The van der Waals surface area contributed by atoms with E-state index in [1.165, 1.54) is 7.11 Å². The summed E-state index contributed by atoms with van der Waals surface area (Å²) in [6, 6.07) is 8.10. The number of carbonyl (C=O) groups excluding carboxylic acids is 1. The Balaban J connectivity index is 1.76. The van der Waals surface area contributed by atoms with E-state index in [2.05, 4.69) is 16.0 Å². The van der Waals surface area contributed by atoms with Crippen molar-refractivity contribution in [2.75, 3.05) is 25.5 Å². The smallest absolute Gasteiger partial charge is 0.319 e. The summed E-state index contributed by atoms with van der Waals surface area (Å²) in [5, 5.41) is 9.21. The summed E-state index contributed by atoms with van der Waals surface area (Å²) in [4.78, 5) is 12.3. The molecule has 0 radical (unpaired) electrons. The summed E-state index contributed by atoms with van der Waals surface area (Å²) in [5.74, 6) is -1.81. The van der Waals surface area contributed by atoms with Gasteiger partial charge in [0.1, 0.15) is 17.4 Å². The zero-order valence-corrected chi connectivity index (χ0v) is 15.4. The molecule has 0 bridgehead atoms. The van der Waals surface area contributed by atoms with Crippen molar-refractivity contribution >= 4 is 23.3 Å². The molecule has 5 nitrogen and oxygen atoms in total. The van der Waals surface area contributed by atoms with Gasteiger partial charge in [-0.3, -0.25) is 0 Å². The minimum atomic E-state index is -0.689. The fourth-order valence-electron chi connectivity index (χ4n) is 3.24. The Morgan fingerprint density at radius 2 is 1.89 bits per heavy atom. The number of anilines is 1. The SMILES string of the molecule is COc1cc(F)c([C@@H]2CNCCC2NC(=O)Nc2ccc(Cl)cc2)c(F)c1. The minimum absolute atomic E-state index is 0.0557. The number of carbonyl (C=O) groups is 1. The molecule has 1 saturated heterocycles. The topological polar surface area (TPSA) is 62.4 Å². The van der Waals surface area contributed by atoms with Gasteiger partial charge in [0, 0.05) is 46.9 Å². The lowest BCUT2D eigenvalue weighted by Gasteiger charge is -2.33. The number of halogens is 3. The van der Waals surface area contributed by atoms with E-state index in [-0.39, 0.29) is 11.3 Å². The molecule has 1 unspecified atom stereocenters. The molecule has 2 amide bonds. The van der Waals surface area contributed by atoms with E-state index in [1.54, 1.807) is 24.3 Å². The molecule has 3 rings (SSSR count). The van der Waals surface area contributed by atoms with Crippen LogP contribution in [0.15, 0.2) is 36.4 Å². The molecular weight excluding hydrogens is 376 g/mol. The molecule has 1 aliphatic rings. The van der Waals surface area contributed by atoms with Crippen molar-refractivity contribution in [2.24, 2.45) is 0 Å². The van der Waals surface area contributed by atoms with Crippen molar-refractivity contribution in [3.63, 3.8) is 0 Å². The van der Waals surface area contributed by atoms with Gasteiger partial charge in [-0.05, 0) is 37.2 Å². The van der Waals surface area contributed by atoms with Gasteiger partial charge in [0.05, 0.1) is 7.11 Å². The highest BCUT2D eigenvalue weighted by Gasteiger charge is 2.32. The van der Waals surface area contributed by atoms with Crippen LogP contribution in [0.2, 0.25) is 5.02 Å². The monoisotopic (exact) mass is 395 g/mol. The van der Waals surface area contributed by atoms with E-state index in [0.29, 0.717) is 30.2 Å². The highest BCUT2D eigenvalue weighted by molar-refractivity contribution is 6.30. The van der Waals surface area contributed by atoms with Crippen LogP contribution in [0.25, 0.3) is 0 Å². The predicted molar refractivity (Wildman–Crippen MR) is 101 cm³/mol. The van der Waals surface area contributed by atoms with E-state index >= 15 is 0 Å². The number of methoxy groups -OCH3 is 1. The summed E-state index contributed by atoms with van der Waals surface area (Å²) in [6.07, 6.45) is 0.545. The lowest BCUT2D eigenvalue weighted by Crippen LogP contribution is -2.49. The molecule has 2 aromatic rings. The molecule has 8 heteroatoms. The van der Waals surface area contributed by atoms with Crippen molar-refractivity contribution < 1.29 is 18.3 Å². The van der Waals surface area contributed by atoms with Crippen molar-refractivity contribution in [1.29, 1.82) is 0 Å². The molecule has 1 fully saturated rings. The third-order valence-electron chi connectivity index (χ3n) is 4.56. The molecule has 0 saturated carbocycles. The number of hydrogen-bond donors (Lipinski definition) is 3. The number of amides is 2. The molecule has 2 aromatic carbocycles. The molecule has 0 spiro atoms. The Bertz CT molecular complexity index is 794. The molecule has 1 aliphatic heterocycles. The Morgan fingerprint density at radius 1 is 1.22 bits per heavy atom. The first-order valence-corrected chi connectivity index (χ1v) is 8.92. The van der Waals surface area contributed by atoms with E-state index in [1.807, 2.05) is 0 Å². The van der Waals surface area contributed by atoms with Crippen LogP contribution in [-0.2, 0) is 0 Å². The van der Waals surface area contributed by atoms with Gasteiger partial charge in [0.15, 0.2) is 0 Å². The number of nitrogens with one attached hydrogen (secondary N) is 3. The number of hydrogen-bond acceptors (Lipinski definition) is 3. The molecule has 0 aromatic heterocycles. The summed E-state index contributed by atoms with van der Waals surface area (Å²) in [6.45, 7) is 0.994. The van der Waals surface area contributed by atoms with Crippen LogP contribution >= 0.6 is 11.6 Å². The second-order valence-corrected chi connectivity index (χ2v) is 6.75. The van der Waals surface area contributed by atoms with Gasteiger partial charge >= 0.3 is 6.03 Å². The number of benzene rings is 2. The average molecular weight is 396 g/mol. The van der Waals surface area contributed by atoms with Gasteiger partial charge in [-0.2, -0.15) is 0 Å². The Kier molecular flexibility index (Phi) is 6.13. The quantitative estimate of drug-likeness (QED) is 0.736. The molecule has 2 atom stereocenters. The summed E-state index contributed by atoms with van der Waals surface area (Å²) in [7, 11) is 1.35. The molecule has 1 heterocycles. The number of urea groups is 1. The van der Waals surface area contributed by atoms with E-state index in [0.717, 1.165) is 12.1 Å². The van der Waals surface area contributed by atoms with Crippen molar-refractivity contribution in [3.8, 4) is 5.75 Å². The lowest BCUT2D eigenvalue weighted by atomic mass is 9.86. The van der Waals surface area contributed by atoms with E-state index in [4.69, 9.17) is 16.3 Å². The molecular formula is C19H20ClF2N3O2. The fraction of sp³-hybridized carbons (Fsp3) is 0.316. The number of ether oxygens (including phenoxy) is 1. The average Bonchev–Trinajstić information content (AvgIpc) is 2.64. The Hall–Kier alpha value is -2.38. The van der Waals surface area contributed by atoms with Crippen LogP contribution in [0, 0.1) is 11.6 Å². The zero-order valence-electron chi connectivity index (χ0n) is 14.7. The molecule has 0 aliphatic carbocycles. The van der Waals surface area contributed by atoms with Crippen LogP contribution in [0.4, 0.5) is 19.3 Å². The first kappa shape index (κ1) is 19.4. The van der Waals surface area contributed by atoms with Gasteiger partial charge in [-0.25, -0.2) is 13.6 Å². The highest BCUT2D eigenvalue weighted by atomic mass is 35.5. The standard InChI is InChI=1S/C19H20ClF2N3O2/c1-27-13-8-15(21)18(16(22)9-13)14-10-23-7-6-17(14)25-19(26)24-12-4-2-11(20)3-5-12/h2-5,8-9,14,17,23H,6-7,10H2,1H3,(H2,24,25,26)/t14-,17?/m1/s1. The van der Waals surface area contributed by atoms with Gasteiger partial charge in [0.2, 0.25) is 0 Å². The van der Waals surface area contributed by atoms with Gasteiger partial charge in [-0.15, -0.1) is 0 Å². The Labute approximate surface area is 161 Å². The minimum Gasteiger partial charge on any atom is -0.497 e. The van der Waals surface area contributed by atoms with Crippen LogP contribution in [0.1, 0.15) is 17.9 Å². The van der Waals surface area contributed by atoms with Crippen molar-refractivity contribution in [3.05, 3.63) is 58.6 Å². The first-order valence-electron chi connectivity index (χ1n) is 8.54. The summed E-state index contributed by atoms with van der Waals surface area (Å²) >= 11 is 5.83. The fourth-order valence-corrected chi connectivity index (χ4v) is 3.36. The maximum atomic E-state index is 14.5. The first-order chi connectivity index (χ1) is 13.0. The number of rotatable bonds is 4. The molecule has 27 heavy (non-hydrogen) atoms. The Morgan fingerprint density at radius 3 is 2.52 bits per heavy atom. The van der Waals surface area contributed by atoms with Crippen LogP contribution in [-0.4, -0.2) is 32.3 Å².